The molecule has 1 amide bonds. The second kappa shape index (κ2) is 6.02. The van der Waals surface area contributed by atoms with Gasteiger partial charge in [-0.1, -0.05) is 11.6 Å². The van der Waals surface area contributed by atoms with Crippen molar-refractivity contribution in [1.82, 2.24) is 9.97 Å². The van der Waals surface area contributed by atoms with E-state index in [1.54, 1.807) is 0 Å². The molecule has 2 rings (SSSR count). The molecule has 1 aromatic heterocycles. The van der Waals surface area contributed by atoms with Gasteiger partial charge in [-0.15, -0.1) is 0 Å². The van der Waals surface area contributed by atoms with Crippen molar-refractivity contribution in [2.24, 2.45) is 0 Å². The highest BCUT2D eigenvalue weighted by molar-refractivity contribution is 9.10. The van der Waals surface area contributed by atoms with Crippen LogP contribution in [0.4, 0.5) is 17.2 Å². The van der Waals surface area contributed by atoms with Gasteiger partial charge in [0.25, 0.3) is 11.6 Å². The third-order valence-electron chi connectivity index (χ3n) is 2.43. The minimum Gasteiger partial charge on any atom is -0.397 e. The largest absolute Gasteiger partial charge is 0.397 e. The maximum Gasteiger partial charge on any atom is 0.271 e. The summed E-state index contributed by atoms with van der Waals surface area (Å²) in [6.07, 6.45) is 2.70. The van der Waals surface area contributed by atoms with Crippen molar-refractivity contribution in [1.29, 1.82) is 0 Å². The molecule has 0 fully saturated rings. The van der Waals surface area contributed by atoms with Crippen LogP contribution in [0.5, 0.6) is 0 Å². The molecule has 0 saturated carbocycles. The van der Waals surface area contributed by atoms with Crippen molar-refractivity contribution in [3.05, 3.63) is 49.8 Å². The average molecular weight is 373 g/mol. The predicted octanol–water partition coefficient (Wildman–Crippen LogP) is 2.64. The Hall–Kier alpha value is -2.26. The smallest absolute Gasteiger partial charge is 0.271 e. The van der Waals surface area contributed by atoms with E-state index in [9.17, 15) is 14.9 Å². The third-order valence-corrected chi connectivity index (χ3v) is 3.15. The van der Waals surface area contributed by atoms with Crippen LogP contribution in [-0.2, 0) is 0 Å². The Bertz CT molecular complexity index is 723. The molecular weight excluding hydrogens is 366 g/mol. The number of hydrogen-bond donors (Lipinski definition) is 2. The fourth-order valence-corrected chi connectivity index (χ4v) is 1.88. The van der Waals surface area contributed by atoms with Gasteiger partial charge in [0.05, 0.1) is 33.6 Å². The maximum atomic E-state index is 12.1. The van der Waals surface area contributed by atoms with Gasteiger partial charge in [0.1, 0.15) is 4.60 Å². The minimum atomic E-state index is -0.672. The lowest BCUT2D eigenvalue weighted by molar-refractivity contribution is -0.384. The number of aromatic nitrogens is 2. The Morgan fingerprint density at radius 1 is 1.38 bits per heavy atom. The van der Waals surface area contributed by atoms with Crippen molar-refractivity contribution < 1.29 is 9.72 Å². The summed E-state index contributed by atoms with van der Waals surface area (Å²) >= 11 is 8.89. The van der Waals surface area contributed by atoms with Crippen molar-refractivity contribution in [3.63, 3.8) is 0 Å². The molecule has 0 aliphatic heterocycles. The standard InChI is InChI=1S/C11H7BrClN5O3/c12-8-3-16-9(4-15-8)17-11(19)6-1-5(18(20)21)2-7(13)10(6)14/h1-4H,14H2,(H,16,17,19). The SMILES string of the molecule is Nc1c(Cl)cc([N+](=O)[O-])cc1C(=O)Nc1cnc(Br)cn1. The lowest BCUT2D eigenvalue weighted by Gasteiger charge is -2.08. The minimum absolute atomic E-state index is 0.0511. The highest BCUT2D eigenvalue weighted by Gasteiger charge is 2.19. The molecule has 21 heavy (non-hydrogen) atoms. The molecule has 0 unspecified atom stereocenters. The number of nitrogens with zero attached hydrogens (tertiary/aromatic N) is 3. The van der Waals surface area contributed by atoms with Crippen molar-refractivity contribution >= 4 is 50.6 Å². The van der Waals surface area contributed by atoms with Gasteiger partial charge in [0.2, 0.25) is 0 Å². The lowest BCUT2D eigenvalue weighted by atomic mass is 10.1. The maximum absolute atomic E-state index is 12.1. The van der Waals surface area contributed by atoms with E-state index in [4.69, 9.17) is 17.3 Å². The van der Waals surface area contributed by atoms with Crippen molar-refractivity contribution in [2.75, 3.05) is 11.1 Å². The van der Waals surface area contributed by atoms with Gasteiger partial charge in [-0.25, -0.2) is 9.97 Å². The second-order valence-electron chi connectivity index (χ2n) is 3.82. The number of carbonyl (C=O) groups excluding carboxylic acids is 1. The first-order valence-electron chi connectivity index (χ1n) is 5.41. The molecule has 0 spiro atoms. The number of nitro groups is 1. The number of nitro benzene ring substituents is 1. The van der Waals surface area contributed by atoms with Gasteiger partial charge in [-0.2, -0.15) is 0 Å². The number of rotatable bonds is 3. The molecule has 2 aromatic rings. The number of anilines is 2. The van der Waals surface area contributed by atoms with Gasteiger partial charge in [0, 0.05) is 12.1 Å². The van der Waals surface area contributed by atoms with Crippen LogP contribution in [0.15, 0.2) is 29.1 Å². The quantitative estimate of drug-likeness (QED) is 0.485. The summed E-state index contributed by atoms with van der Waals surface area (Å²) in [6.45, 7) is 0. The van der Waals surface area contributed by atoms with Gasteiger partial charge in [-0.3, -0.25) is 14.9 Å². The number of non-ortho nitro benzene ring substituents is 1. The molecule has 0 atom stereocenters. The Balaban J connectivity index is 2.34. The summed E-state index contributed by atoms with van der Waals surface area (Å²) in [6, 6.07) is 2.12. The Labute approximate surface area is 131 Å². The number of hydrogen-bond acceptors (Lipinski definition) is 6. The highest BCUT2D eigenvalue weighted by atomic mass is 79.9. The molecule has 0 saturated heterocycles. The van der Waals surface area contributed by atoms with E-state index in [2.05, 4.69) is 31.2 Å². The summed E-state index contributed by atoms with van der Waals surface area (Å²) in [5.74, 6) is -0.500. The van der Waals surface area contributed by atoms with Crippen LogP contribution >= 0.6 is 27.5 Å². The molecule has 108 valence electrons. The van der Waals surface area contributed by atoms with Crippen LogP contribution in [-0.4, -0.2) is 20.8 Å². The van der Waals surface area contributed by atoms with Crippen LogP contribution in [0, 0.1) is 10.1 Å². The average Bonchev–Trinajstić information content (AvgIpc) is 2.43. The molecule has 3 N–H and O–H groups in total. The van der Waals surface area contributed by atoms with Crippen LogP contribution in [0.1, 0.15) is 10.4 Å². The van der Waals surface area contributed by atoms with Gasteiger partial charge < -0.3 is 11.1 Å². The summed E-state index contributed by atoms with van der Waals surface area (Å²) in [5.41, 5.74) is 5.18. The molecule has 0 radical (unpaired) electrons. The van der Waals surface area contributed by atoms with E-state index < -0.39 is 10.8 Å². The van der Waals surface area contributed by atoms with Crippen LogP contribution in [0.2, 0.25) is 5.02 Å². The zero-order chi connectivity index (χ0) is 15.6. The van der Waals surface area contributed by atoms with E-state index in [0.29, 0.717) is 4.60 Å². The number of amides is 1. The first-order chi connectivity index (χ1) is 9.88. The number of halogens is 2. The Morgan fingerprint density at radius 3 is 2.67 bits per heavy atom. The monoisotopic (exact) mass is 371 g/mol. The van der Waals surface area contributed by atoms with E-state index in [-0.39, 0.29) is 27.8 Å². The number of nitrogen functional groups attached to an aromatic ring is 1. The first kappa shape index (κ1) is 15.1. The summed E-state index contributed by atoms with van der Waals surface area (Å²) in [5, 5.41) is 13.1. The first-order valence-corrected chi connectivity index (χ1v) is 6.58. The molecule has 1 aromatic carbocycles. The van der Waals surface area contributed by atoms with Gasteiger partial charge in [0.15, 0.2) is 5.82 Å². The number of nitrogens with one attached hydrogen (secondary N) is 1. The zero-order valence-corrected chi connectivity index (χ0v) is 12.6. The molecule has 0 bridgehead atoms. The summed E-state index contributed by atoms with van der Waals surface area (Å²) in [4.78, 5) is 30.0. The lowest BCUT2D eigenvalue weighted by Crippen LogP contribution is -2.15. The van der Waals surface area contributed by atoms with E-state index in [1.165, 1.54) is 12.4 Å². The third kappa shape index (κ3) is 3.44. The Morgan fingerprint density at radius 2 is 2.10 bits per heavy atom. The molecule has 0 aliphatic rings. The second-order valence-corrected chi connectivity index (χ2v) is 5.04. The molecule has 8 nitrogen and oxygen atoms in total. The zero-order valence-electron chi connectivity index (χ0n) is 10.2. The fourth-order valence-electron chi connectivity index (χ4n) is 1.46. The molecular formula is C11H7BrClN5O3. The van der Waals surface area contributed by atoms with Gasteiger partial charge in [-0.05, 0) is 15.9 Å². The predicted molar refractivity (Wildman–Crippen MR) is 80.2 cm³/mol. The van der Waals surface area contributed by atoms with E-state index >= 15 is 0 Å². The summed E-state index contributed by atoms with van der Waals surface area (Å²) in [7, 11) is 0. The fraction of sp³-hybridized carbons (Fsp3) is 0. The highest BCUT2D eigenvalue weighted by Crippen LogP contribution is 2.29. The van der Waals surface area contributed by atoms with Gasteiger partial charge >= 0.3 is 0 Å². The normalized spacial score (nSPS) is 10.2. The Kier molecular flexibility index (Phi) is 4.34. The van der Waals surface area contributed by atoms with Crippen LogP contribution in [0.3, 0.4) is 0 Å². The molecule has 0 aliphatic carbocycles. The topological polar surface area (TPSA) is 124 Å². The number of benzene rings is 1. The van der Waals surface area contributed by atoms with Crippen LogP contribution in [0.25, 0.3) is 0 Å². The summed E-state index contributed by atoms with van der Waals surface area (Å²) < 4.78 is 0.499. The number of carbonyl (C=O) groups is 1. The van der Waals surface area contributed by atoms with E-state index in [0.717, 1.165) is 12.1 Å². The van der Waals surface area contributed by atoms with Crippen LogP contribution < -0.4 is 11.1 Å². The molecule has 10 heteroatoms. The molecule has 1 heterocycles. The van der Waals surface area contributed by atoms with Crippen molar-refractivity contribution in [3.8, 4) is 0 Å². The van der Waals surface area contributed by atoms with E-state index in [1.807, 2.05) is 0 Å². The number of nitrogens with two attached hydrogens (primary N) is 1. The van der Waals surface area contributed by atoms with Crippen molar-refractivity contribution in [2.45, 2.75) is 0 Å².